The quantitative estimate of drug-likeness (QED) is 0.136. The first-order valence-corrected chi connectivity index (χ1v) is 11.5. The van der Waals surface area contributed by atoms with Gasteiger partial charge in [-0.25, -0.2) is 9.79 Å². The maximum atomic E-state index is 12.4. The summed E-state index contributed by atoms with van der Waals surface area (Å²) in [6.45, 7) is 0.270. The van der Waals surface area contributed by atoms with E-state index < -0.39 is 10.9 Å². The molecule has 0 fully saturated rings. The Kier molecular flexibility index (Phi) is 7.39. The van der Waals surface area contributed by atoms with Crippen molar-refractivity contribution in [3.8, 4) is 11.5 Å². The summed E-state index contributed by atoms with van der Waals surface area (Å²) >= 11 is 15.6. The molecule has 1 aliphatic rings. The van der Waals surface area contributed by atoms with Crippen molar-refractivity contribution in [3.63, 3.8) is 0 Å². The molecule has 0 saturated carbocycles. The third-order valence-electron chi connectivity index (χ3n) is 4.84. The van der Waals surface area contributed by atoms with E-state index in [1.807, 2.05) is 12.1 Å². The Balaban J connectivity index is 1.60. The highest BCUT2D eigenvalue weighted by Crippen LogP contribution is 2.38. The number of nitro benzene ring substituents is 1. The van der Waals surface area contributed by atoms with Gasteiger partial charge in [0.1, 0.15) is 6.61 Å². The summed E-state index contributed by atoms with van der Waals surface area (Å²) in [4.78, 5) is 27.0. The third kappa shape index (κ3) is 5.64. The number of halogens is 3. The van der Waals surface area contributed by atoms with Crippen LogP contribution in [0.4, 0.5) is 5.69 Å². The van der Waals surface area contributed by atoms with Crippen molar-refractivity contribution in [3.05, 3.63) is 102 Å². The molecule has 0 aliphatic carbocycles. The molecule has 11 heteroatoms. The molecule has 1 heterocycles. The van der Waals surface area contributed by atoms with Crippen LogP contribution in [0.15, 0.2) is 69.8 Å². The fourth-order valence-electron chi connectivity index (χ4n) is 3.22. The average Bonchev–Trinajstić information content (AvgIpc) is 3.17. The third-order valence-corrected chi connectivity index (χ3v) is 5.98. The number of hydrogen-bond donors (Lipinski definition) is 0. The summed E-state index contributed by atoms with van der Waals surface area (Å²) in [5, 5.41) is 11.6. The first-order chi connectivity index (χ1) is 16.7. The molecule has 0 radical (unpaired) electrons. The van der Waals surface area contributed by atoms with E-state index in [-0.39, 0.29) is 34.5 Å². The van der Waals surface area contributed by atoms with Crippen LogP contribution in [0.5, 0.6) is 11.5 Å². The molecule has 35 heavy (non-hydrogen) atoms. The Morgan fingerprint density at radius 1 is 1.17 bits per heavy atom. The first kappa shape index (κ1) is 24.7. The van der Waals surface area contributed by atoms with Crippen LogP contribution in [0.2, 0.25) is 10.0 Å². The van der Waals surface area contributed by atoms with E-state index in [1.54, 1.807) is 24.3 Å². The number of nitro groups is 1. The predicted molar refractivity (Wildman–Crippen MR) is 135 cm³/mol. The number of hydrogen-bond acceptors (Lipinski definition) is 7. The van der Waals surface area contributed by atoms with Crippen LogP contribution in [-0.2, 0) is 16.1 Å². The Morgan fingerprint density at radius 2 is 1.97 bits per heavy atom. The van der Waals surface area contributed by atoms with Gasteiger partial charge in [0.25, 0.3) is 5.69 Å². The van der Waals surface area contributed by atoms with Gasteiger partial charge >= 0.3 is 5.97 Å². The van der Waals surface area contributed by atoms with Crippen LogP contribution in [0.3, 0.4) is 0 Å². The number of rotatable bonds is 7. The highest BCUT2D eigenvalue weighted by molar-refractivity contribution is 9.10. The second kappa shape index (κ2) is 10.5. The fraction of sp³-hybridized carbons (Fsp3) is 0.0833. The van der Waals surface area contributed by atoms with Gasteiger partial charge < -0.3 is 14.2 Å². The minimum absolute atomic E-state index is 0.0240. The second-order valence-corrected chi connectivity index (χ2v) is 8.91. The lowest BCUT2D eigenvalue weighted by atomic mass is 10.1. The molecule has 0 N–H and O–H groups in total. The SMILES string of the molecule is COc1cc(/C=C2\N=C(c3ccc([N+](=O)[O-])cc3Cl)OC2=O)cc(Br)c1OCc1cccc(Cl)c1. The van der Waals surface area contributed by atoms with E-state index in [0.29, 0.717) is 26.6 Å². The van der Waals surface area contributed by atoms with Crippen molar-refractivity contribution >= 4 is 62.8 Å². The molecule has 0 atom stereocenters. The number of esters is 1. The van der Waals surface area contributed by atoms with Crippen molar-refractivity contribution < 1.29 is 23.9 Å². The molecular weight excluding hydrogens is 563 g/mol. The molecule has 8 nitrogen and oxygen atoms in total. The van der Waals surface area contributed by atoms with E-state index in [9.17, 15) is 14.9 Å². The maximum absolute atomic E-state index is 12.4. The van der Waals surface area contributed by atoms with E-state index in [2.05, 4.69) is 20.9 Å². The van der Waals surface area contributed by atoms with Crippen molar-refractivity contribution in [1.29, 1.82) is 0 Å². The molecule has 3 aromatic rings. The number of non-ortho nitro benzene ring substituents is 1. The normalized spacial score (nSPS) is 14.0. The standard InChI is InChI=1S/C24H15BrCl2N2O6/c1-33-21-10-14(8-18(25)22(21)34-12-13-3-2-4-15(26)7-13)9-20-24(30)35-23(28-20)17-6-5-16(29(31)32)11-19(17)27/h2-11H,12H2,1H3/b20-9-. The zero-order valence-corrected chi connectivity index (χ0v) is 21.1. The Labute approximate surface area is 218 Å². The van der Waals surface area contributed by atoms with E-state index in [0.717, 1.165) is 5.56 Å². The zero-order valence-electron chi connectivity index (χ0n) is 18.0. The number of aliphatic imine (C=N–C) groups is 1. The molecule has 0 amide bonds. The molecule has 0 bridgehead atoms. The van der Waals surface area contributed by atoms with Crippen LogP contribution < -0.4 is 9.47 Å². The summed E-state index contributed by atoms with van der Waals surface area (Å²) in [7, 11) is 1.50. The summed E-state index contributed by atoms with van der Waals surface area (Å²) in [6.07, 6.45) is 1.52. The largest absolute Gasteiger partial charge is 0.493 e. The van der Waals surface area contributed by atoms with Crippen LogP contribution in [0.1, 0.15) is 16.7 Å². The molecule has 178 valence electrons. The van der Waals surface area contributed by atoms with Crippen molar-refractivity contribution in [2.24, 2.45) is 4.99 Å². The zero-order chi connectivity index (χ0) is 25.1. The Bertz CT molecular complexity index is 1410. The number of methoxy groups -OCH3 is 1. The molecule has 1 aliphatic heterocycles. The highest BCUT2D eigenvalue weighted by atomic mass is 79.9. The number of carbonyl (C=O) groups excluding carboxylic acids is 1. The smallest absolute Gasteiger partial charge is 0.363 e. The van der Waals surface area contributed by atoms with Crippen LogP contribution >= 0.6 is 39.1 Å². The summed E-state index contributed by atoms with van der Waals surface area (Å²) < 4.78 is 17.2. The predicted octanol–water partition coefficient (Wildman–Crippen LogP) is 6.60. The number of ether oxygens (including phenoxy) is 3. The number of cyclic esters (lactones) is 1. The molecule has 3 aromatic carbocycles. The molecule has 0 spiro atoms. The summed E-state index contributed by atoms with van der Waals surface area (Å²) in [6, 6.07) is 14.5. The maximum Gasteiger partial charge on any atom is 0.363 e. The van der Waals surface area contributed by atoms with E-state index >= 15 is 0 Å². The van der Waals surface area contributed by atoms with Gasteiger partial charge in [0.15, 0.2) is 17.2 Å². The molecule has 0 unspecified atom stereocenters. The summed E-state index contributed by atoms with van der Waals surface area (Å²) in [5.74, 6) is 0.173. The van der Waals surface area contributed by atoms with Crippen molar-refractivity contribution in [2.45, 2.75) is 6.61 Å². The summed E-state index contributed by atoms with van der Waals surface area (Å²) in [5.41, 5.74) is 1.58. The lowest BCUT2D eigenvalue weighted by molar-refractivity contribution is -0.384. The van der Waals surface area contributed by atoms with Gasteiger partial charge in [-0.1, -0.05) is 35.3 Å². The molecule has 0 saturated heterocycles. The van der Waals surface area contributed by atoms with E-state index in [1.165, 1.54) is 31.4 Å². The van der Waals surface area contributed by atoms with E-state index in [4.69, 9.17) is 37.4 Å². The number of benzene rings is 3. The van der Waals surface area contributed by atoms with Gasteiger partial charge in [-0.2, -0.15) is 0 Å². The van der Waals surface area contributed by atoms with Gasteiger partial charge in [-0.3, -0.25) is 10.1 Å². The average molecular weight is 578 g/mol. The number of carbonyl (C=O) groups is 1. The van der Waals surface area contributed by atoms with Crippen LogP contribution in [0.25, 0.3) is 6.08 Å². The lowest BCUT2D eigenvalue weighted by Gasteiger charge is -2.14. The van der Waals surface area contributed by atoms with Crippen molar-refractivity contribution in [2.75, 3.05) is 7.11 Å². The van der Waals surface area contributed by atoms with Gasteiger partial charge in [0.2, 0.25) is 5.90 Å². The van der Waals surface area contributed by atoms with Crippen LogP contribution in [0, 0.1) is 10.1 Å². The topological polar surface area (TPSA) is 100 Å². The molecule has 0 aromatic heterocycles. The van der Waals surface area contributed by atoms with Crippen LogP contribution in [-0.4, -0.2) is 23.9 Å². The van der Waals surface area contributed by atoms with Crippen molar-refractivity contribution in [1.82, 2.24) is 0 Å². The van der Waals surface area contributed by atoms with Gasteiger partial charge in [-0.05, 0) is 63.5 Å². The monoisotopic (exact) mass is 576 g/mol. The fourth-order valence-corrected chi connectivity index (χ4v) is 4.26. The Hall–Kier alpha value is -3.40. The minimum atomic E-state index is -0.689. The van der Waals surface area contributed by atoms with Gasteiger partial charge in [0, 0.05) is 17.2 Å². The Morgan fingerprint density at radius 3 is 2.66 bits per heavy atom. The molecular formula is C24H15BrCl2N2O6. The van der Waals surface area contributed by atoms with Gasteiger partial charge in [-0.15, -0.1) is 0 Å². The molecule has 4 rings (SSSR count). The minimum Gasteiger partial charge on any atom is -0.493 e. The number of nitrogens with zero attached hydrogens (tertiary/aromatic N) is 2. The highest BCUT2D eigenvalue weighted by Gasteiger charge is 2.27. The second-order valence-electron chi connectivity index (χ2n) is 7.21. The first-order valence-electron chi connectivity index (χ1n) is 9.97. The van der Waals surface area contributed by atoms with Gasteiger partial charge in [0.05, 0.1) is 27.1 Å². The lowest BCUT2D eigenvalue weighted by Crippen LogP contribution is -2.06.